The first-order valence-electron chi connectivity index (χ1n) is 12.6. The molecule has 2 atom stereocenters. The Morgan fingerprint density at radius 1 is 1.08 bits per heavy atom. The SMILES string of the molecule is O=C(CC1(C(=O)N2CCOCC2)CCCCC1)c1cnn2c1N[C@H](c1ccccc1)C[C@@H]2C(F)(F)F. The van der Waals surface area contributed by atoms with Gasteiger partial charge in [-0.25, -0.2) is 4.68 Å². The number of aromatic nitrogens is 2. The van der Waals surface area contributed by atoms with Gasteiger partial charge in [0.25, 0.3) is 0 Å². The number of carbonyl (C=O) groups is 2. The van der Waals surface area contributed by atoms with E-state index in [4.69, 9.17) is 4.74 Å². The predicted molar refractivity (Wildman–Crippen MR) is 127 cm³/mol. The Kier molecular flexibility index (Phi) is 6.80. The molecule has 1 aliphatic carbocycles. The average molecular weight is 505 g/mol. The zero-order chi connectivity index (χ0) is 25.3. The van der Waals surface area contributed by atoms with Crippen molar-refractivity contribution in [2.75, 3.05) is 31.6 Å². The van der Waals surface area contributed by atoms with Crippen LogP contribution in [0.5, 0.6) is 0 Å². The molecule has 1 amide bonds. The summed E-state index contributed by atoms with van der Waals surface area (Å²) in [6.45, 7) is 1.92. The van der Waals surface area contributed by atoms with Crippen molar-refractivity contribution in [2.24, 2.45) is 5.41 Å². The van der Waals surface area contributed by atoms with E-state index < -0.39 is 23.7 Å². The fourth-order valence-electron chi connectivity index (χ4n) is 5.87. The van der Waals surface area contributed by atoms with Crippen LogP contribution in [0.4, 0.5) is 19.0 Å². The second-order valence-corrected chi connectivity index (χ2v) is 10.1. The highest BCUT2D eigenvalue weighted by molar-refractivity contribution is 6.03. The number of benzene rings is 1. The topological polar surface area (TPSA) is 76.5 Å². The Morgan fingerprint density at radius 2 is 1.78 bits per heavy atom. The largest absolute Gasteiger partial charge is 0.410 e. The minimum absolute atomic E-state index is 0.0315. The number of ether oxygens (including phenoxy) is 1. The van der Waals surface area contributed by atoms with E-state index in [0.717, 1.165) is 23.9 Å². The molecule has 2 fully saturated rings. The Balaban J connectivity index is 1.45. The number of hydrogen-bond acceptors (Lipinski definition) is 5. The van der Waals surface area contributed by atoms with Gasteiger partial charge in [-0.3, -0.25) is 9.59 Å². The molecule has 1 aromatic carbocycles. The van der Waals surface area contributed by atoms with Crippen molar-refractivity contribution < 1.29 is 27.5 Å². The zero-order valence-corrected chi connectivity index (χ0v) is 20.1. The van der Waals surface area contributed by atoms with E-state index in [1.54, 1.807) is 29.2 Å². The lowest BCUT2D eigenvalue weighted by Gasteiger charge is -2.40. The van der Waals surface area contributed by atoms with Gasteiger partial charge in [-0.2, -0.15) is 18.3 Å². The van der Waals surface area contributed by atoms with E-state index in [1.165, 1.54) is 6.20 Å². The quantitative estimate of drug-likeness (QED) is 0.585. The lowest BCUT2D eigenvalue weighted by molar-refractivity contribution is -0.173. The number of amides is 1. The molecule has 0 unspecified atom stereocenters. The molecule has 1 saturated heterocycles. The number of rotatable bonds is 5. The zero-order valence-electron chi connectivity index (χ0n) is 20.1. The number of alkyl halides is 3. The van der Waals surface area contributed by atoms with Crippen molar-refractivity contribution in [1.82, 2.24) is 14.7 Å². The highest BCUT2D eigenvalue weighted by Gasteiger charge is 2.48. The van der Waals surface area contributed by atoms with Crippen LogP contribution in [0.1, 0.15) is 73.0 Å². The Bertz CT molecular complexity index is 1090. The number of carbonyl (C=O) groups excluding carboxylic acids is 2. The van der Waals surface area contributed by atoms with Gasteiger partial charge in [0.05, 0.1) is 36.4 Å². The van der Waals surface area contributed by atoms with Gasteiger partial charge in [0.1, 0.15) is 5.82 Å². The molecule has 2 aliphatic heterocycles. The van der Waals surface area contributed by atoms with Gasteiger partial charge in [-0.05, 0) is 18.4 Å². The van der Waals surface area contributed by atoms with Crippen LogP contribution in [-0.4, -0.2) is 58.9 Å². The van der Waals surface area contributed by atoms with Crippen molar-refractivity contribution in [3.63, 3.8) is 0 Å². The van der Waals surface area contributed by atoms with Gasteiger partial charge >= 0.3 is 6.18 Å². The second kappa shape index (κ2) is 9.88. The summed E-state index contributed by atoms with van der Waals surface area (Å²) in [6.07, 6.45) is 0.349. The summed E-state index contributed by atoms with van der Waals surface area (Å²) in [4.78, 5) is 29.1. The molecule has 0 radical (unpaired) electrons. The molecule has 1 aromatic heterocycles. The predicted octanol–water partition coefficient (Wildman–Crippen LogP) is 4.93. The first-order chi connectivity index (χ1) is 17.3. The van der Waals surface area contributed by atoms with Crippen molar-refractivity contribution in [3.05, 3.63) is 47.7 Å². The molecule has 1 saturated carbocycles. The molecule has 1 N–H and O–H groups in total. The third kappa shape index (κ3) is 4.75. The number of nitrogens with zero attached hydrogens (tertiary/aromatic N) is 3. The van der Waals surface area contributed by atoms with Crippen LogP contribution in [0, 0.1) is 5.41 Å². The van der Waals surface area contributed by atoms with Crippen molar-refractivity contribution in [2.45, 2.75) is 63.2 Å². The monoisotopic (exact) mass is 504 g/mol. The van der Waals surface area contributed by atoms with Crippen LogP contribution in [0.15, 0.2) is 36.5 Å². The molecule has 36 heavy (non-hydrogen) atoms. The number of ketones is 1. The summed E-state index contributed by atoms with van der Waals surface area (Å²) >= 11 is 0. The van der Waals surface area contributed by atoms with Crippen LogP contribution < -0.4 is 5.32 Å². The van der Waals surface area contributed by atoms with Gasteiger partial charge in [-0.1, -0.05) is 49.6 Å². The van der Waals surface area contributed by atoms with Crippen molar-refractivity contribution in [1.29, 1.82) is 0 Å². The van der Waals surface area contributed by atoms with E-state index in [9.17, 15) is 22.8 Å². The van der Waals surface area contributed by atoms with Crippen molar-refractivity contribution in [3.8, 4) is 0 Å². The third-order valence-electron chi connectivity index (χ3n) is 7.80. The lowest BCUT2D eigenvalue weighted by atomic mass is 9.69. The Hall–Kier alpha value is -2.88. The molecular formula is C26H31F3N4O3. The molecule has 3 aliphatic rings. The molecule has 5 rings (SSSR count). The maximum Gasteiger partial charge on any atom is 0.410 e. The summed E-state index contributed by atoms with van der Waals surface area (Å²) in [7, 11) is 0. The van der Waals surface area contributed by atoms with Gasteiger partial charge in [0.15, 0.2) is 11.8 Å². The number of nitrogens with one attached hydrogen (secondary N) is 1. The van der Waals surface area contributed by atoms with E-state index in [-0.39, 0.29) is 35.9 Å². The van der Waals surface area contributed by atoms with Crippen LogP contribution in [0.25, 0.3) is 0 Å². The van der Waals surface area contributed by atoms with Crippen LogP contribution in [0.3, 0.4) is 0 Å². The molecule has 0 bridgehead atoms. The van der Waals surface area contributed by atoms with E-state index in [1.807, 2.05) is 6.07 Å². The molecule has 0 spiro atoms. The smallest absolute Gasteiger partial charge is 0.378 e. The van der Waals surface area contributed by atoms with Crippen LogP contribution in [-0.2, 0) is 9.53 Å². The minimum Gasteiger partial charge on any atom is -0.378 e. The van der Waals surface area contributed by atoms with Crippen LogP contribution in [0.2, 0.25) is 0 Å². The van der Waals surface area contributed by atoms with E-state index in [0.29, 0.717) is 44.7 Å². The maximum atomic E-state index is 14.0. The first-order valence-corrected chi connectivity index (χ1v) is 12.6. The van der Waals surface area contributed by atoms with Crippen LogP contribution >= 0.6 is 0 Å². The number of Topliss-reactive ketones (excluding diaryl/α,β-unsaturated/α-hetero) is 1. The Labute approximate surface area is 208 Å². The number of morpholine rings is 1. The van der Waals surface area contributed by atoms with Gasteiger partial charge < -0.3 is 15.0 Å². The summed E-state index contributed by atoms with van der Waals surface area (Å²) in [5.41, 5.74) is -0.00763. The normalized spacial score (nSPS) is 24.0. The molecule has 194 valence electrons. The number of anilines is 1. The summed E-state index contributed by atoms with van der Waals surface area (Å²) in [6, 6.07) is 6.45. The molecule has 3 heterocycles. The number of halogens is 3. The molecule has 7 nitrogen and oxygen atoms in total. The standard InChI is InChI=1S/C26H31F3N4O3/c27-26(28,29)22-15-20(18-7-3-1-4-8-18)31-23-19(17-30-33(22)23)21(34)16-25(9-5-2-6-10-25)24(35)32-11-13-36-14-12-32/h1,3-4,7-8,17,20,22,31H,2,5-6,9-16H2/t20-,22+/m0/s1. The third-order valence-corrected chi connectivity index (χ3v) is 7.80. The highest BCUT2D eigenvalue weighted by Crippen LogP contribution is 2.46. The van der Waals surface area contributed by atoms with E-state index >= 15 is 0 Å². The van der Waals surface area contributed by atoms with Gasteiger partial charge in [-0.15, -0.1) is 0 Å². The second-order valence-electron chi connectivity index (χ2n) is 10.1. The van der Waals surface area contributed by atoms with Gasteiger partial charge in [0.2, 0.25) is 5.91 Å². The molecule has 10 heteroatoms. The highest BCUT2D eigenvalue weighted by atomic mass is 19.4. The van der Waals surface area contributed by atoms with E-state index in [2.05, 4.69) is 10.4 Å². The lowest BCUT2D eigenvalue weighted by Crippen LogP contribution is -2.50. The average Bonchev–Trinajstić information content (AvgIpc) is 3.33. The minimum atomic E-state index is -4.52. The summed E-state index contributed by atoms with van der Waals surface area (Å²) < 4.78 is 48.4. The summed E-state index contributed by atoms with van der Waals surface area (Å²) in [5.74, 6) is -0.308. The maximum absolute atomic E-state index is 14.0. The Morgan fingerprint density at radius 3 is 2.44 bits per heavy atom. The molecule has 2 aromatic rings. The summed E-state index contributed by atoms with van der Waals surface area (Å²) in [5, 5.41) is 7.16. The van der Waals surface area contributed by atoms with Gasteiger partial charge in [0, 0.05) is 25.9 Å². The first kappa shape index (κ1) is 24.8. The van der Waals surface area contributed by atoms with Crippen molar-refractivity contribution >= 4 is 17.5 Å². The number of fused-ring (bicyclic) bond motifs is 1. The number of hydrogen-bond donors (Lipinski definition) is 1. The fraction of sp³-hybridized carbons (Fsp3) is 0.577. The molecular weight excluding hydrogens is 473 g/mol. The fourth-order valence-corrected chi connectivity index (χ4v) is 5.87.